The van der Waals surface area contributed by atoms with E-state index in [4.69, 9.17) is 4.74 Å². The Morgan fingerprint density at radius 1 is 1.33 bits per heavy atom. The van der Waals surface area contributed by atoms with Gasteiger partial charge in [-0.15, -0.1) is 12.6 Å². The molecule has 0 heterocycles. The molecule has 0 spiro atoms. The van der Waals surface area contributed by atoms with Crippen LogP contribution in [0.3, 0.4) is 0 Å². The summed E-state index contributed by atoms with van der Waals surface area (Å²) < 4.78 is 5.30. The lowest BCUT2D eigenvalue weighted by atomic mass is 10.0. The maximum atomic E-state index is 11.2. The molecule has 0 aromatic carbocycles. The van der Waals surface area contributed by atoms with Crippen LogP contribution in [-0.2, 0) is 14.3 Å². The standard InChI is InChI=1S/C11H18O2S.C3H6O/c1-4-9-5-7(2)10(6-9)13-11(12)8(3)14;1-3(2)4/h7,9-10,14H,3-6H2,1-2H3;1-2H3. The normalized spacial score (nSPS) is 25.9. The Balaban J connectivity index is 0.000000631. The zero-order valence-corrected chi connectivity index (χ0v) is 12.6. The lowest BCUT2D eigenvalue weighted by Crippen LogP contribution is -2.20. The van der Waals surface area contributed by atoms with Gasteiger partial charge >= 0.3 is 5.97 Å². The van der Waals surface area contributed by atoms with Crippen molar-refractivity contribution in [3.05, 3.63) is 11.5 Å². The van der Waals surface area contributed by atoms with Crippen LogP contribution in [0, 0.1) is 11.8 Å². The van der Waals surface area contributed by atoms with Gasteiger partial charge in [0.15, 0.2) is 0 Å². The van der Waals surface area contributed by atoms with Crippen molar-refractivity contribution in [2.75, 3.05) is 0 Å². The fourth-order valence-corrected chi connectivity index (χ4v) is 2.09. The van der Waals surface area contributed by atoms with Crippen LogP contribution in [0.4, 0.5) is 0 Å². The predicted molar refractivity (Wildman–Crippen MR) is 76.5 cm³/mol. The number of rotatable bonds is 3. The molecule has 1 aliphatic carbocycles. The van der Waals surface area contributed by atoms with Crippen molar-refractivity contribution < 1.29 is 14.3 Å². The van der Waals surface area contributed by atoms with Crippen molar-refractivity contribution in [1.29, 1.82) is 0 Å². The van der Waals surface area contributed by atoms with Crippen LogP contribution in [0.2, 0.25) is 0 Å². The third-order valence-corrected chi connectivity index (χ3v) is 3.16. The molecule has 0 aromatic rings. The van der Waals surface area contributed by atoms with Crippen molar-refractivity contribution in [3.8, 4) is 0 Å². The van der Waals surface area contributed by atoms with Gasteiger partial charge in [0.25, 0.3) is 0 Å². The number of ketones is 1. The summed E-state index contributed by atoms with van der Waals surface area (Å²) in [6.07, 6.45) is 3.38. The van der Waals surface area contributed by atoms with Crippen LogP contribution in [0.1, 0.15) is 47.0 Å². The maximum absolute atomic E-state index is 11.2. The van der Waals surface area contributed by atoms with Gasteiger partial charge < -0.3 is 9.53 Å². The molecule has 0 N–H and O–H groups in total. The molecule has 0 bridgehead atoms. The molecule has 0 aliphatic heterocycles. The summed E-state index contributed by atoms with van der Waals surface area (Å²) in [5, 5.41) is 0. The Labute approximate surface area is 115 Å². The summed E-state index contributed by atoms with van der Waals surface area (Å²) in [7, 11) is 0. The van der Waals surface area contributed by atoms with E-state index in [-0.39, 0.29) is 22.8 Å². The zero-order chi connectivity index (χ0) is 14.3. The highest BCUT2D eigenvalue weighted by Crippen LogP contribution is 2.35. The summed E-state index contributed by atoms with van der Waals surface area (Å²) in [6, 6.07) is 0. The first-order valence-corrected chi connectivity index (χ1v) is 6.78. The lowest BCUT2D eigenvalue weighted by Gasteiger charge is -2.15. The van der Waals surface area contributed by atoms with Gasteiger partial charge in [-0.2, -0.15) is 0 Å². The molecule has 104 valence electrons. The van der Waals surface area contributed by atoms with E-state index >= 15 is 0 Å². The second-order valence-corrected chi connectivity index (χ2v) is 5.56. The Morgan fingerprint density at radius 2 is 1.83 bits per heavy atom. The highest BCUT2D eigenvalue weighted by atomic mass is 32.1. The lowest BCUT2D eigenvalue weighted by molar-refractivity contribution is -0.144. The molecule has 1 fully saturated rings. The molecule has 0 radical (unpaired) electrons. The summed E-state index contributed by atoms with van der Waals surface area (Å²) in [5.41, 5.74) is 0. The molecule has 3 atom stereocenters. The third kappa shape index (κ3) is 6.84. The highest BCUT2D eigenvalue weighted by molar-refractivity contribution is 7.85. The average molecular weight is 272 g/mol. The van der Waals surface area contributed by atoms with Crippen LogP contribution in [0.5, 0.6) is 0 Å². The van der Waals surface area contributed by atoms with Crippen LogP contribution in [0.15, 0.2) is 11.5 Å². The Bertz CT molecular complexity index is 308. The first-order chi connectivity index (χ1) is 8.27. The number of carbonyl (C=O) groups excluding carboxylic acids is 2. The maximum Gasteiger partial charge on any atom is 0.344 e. The van der Waals surface area contributed by atoms with E-state index in [9.17, 15) is 9.59 Å². The van der Waals surface area contributed by atoms with Gasteiger partial charge in [0.1, 0.15) is 11.9 Å². The van der Waals surface area contributed by atoms with Crippen molar-refractivity contribution >= 4 is 24.4 Å². The molecule has 0 saturated heterocycles. The summed E-state index contributed by atoms with van der Waals surface area (Å²) in [5.74, 6) is 0.967. The minimum atomic E-state index is -0.373. The number of thiol groups is 1. The molecule has 3 nitrogen and oxygen atoms in total. The smallest absolute Gasteiger partial charge is 0.344 e. The van der Waals surface area contributed by atoms with Crippen molar-refractivity contribution in [2.24, 2.45) is 11.8 Å². The molecule has 4 heteroatoms. The van der Waals surface area contributed by atoms with Gasteiger partial charge in [0, 0.05) is 0 Å². The topological polar surface area (TPSA) is 43.4 Å². The molecule has 3 unspecified atom stereocenters. The number of esters is 1. The van der Waals surface area contributed by atoms with E-state index in [0.29, 0.717) is 11.8 Å². The Kier molecular flexibility index (Phi) is 8.00. The number of ether oxygens (including phenoxy) is 1. The molecule has 18 heavy (non-hydrogen) atoms. The largest absolute Gasteiger partial charge is 0.458 e. The van der Waals surface area contributed by atoms with Crippen molar-refractivity contribution in [3.63, 3.8) is 0 Å². The highest BCUT2D eigenvalue weighted by Gasteiger charge is 2.33. The molecule has 1 saturated carbocycles. The fraction of sp³-hybridized carbons (Fsp3) is 0.714. The number of hydrogen-bond acceptors (Lipinski definition) is 4. The second-order valence-electron chi connectivity index (χ2n) is 5.02. The summed E-state index contributed by atoms with van der Waals surface area (Å²) in [4.78, 5) is 20.9. The van der Waals surface area contributed by atoms with Crippen molar-refractivity contribution in [1.82, 2.24) is 0 Å². The zero-order valence-electron chi connectivity index (χ0n) is 11.7. The minimum Gasteiger partial charge on any atom is -0.458 e. The molecular formula is C14H24O3S. The third-order valence-electron chi connectivity index (χ3n) is 2.98. The Morgan fingerprint density at radius 3 is 2.17 bits per heavy atom. The van der Waals surface area contributed by atoms with Crippen LogP contribution in [0.25, 0.3) is 0 Å². The van der Waals surface area contributed by atoms with E-state index < -0.39 is 0 Å². The SMILES string of the molecule is C=C(S)C(=O)OC1CC(CC)CC1C.CC(C)=O. The van der Waals surface area contributed by atoms with Crippen LogP contribution >= 0.6 is 12.6 Å². The first kappa shape index (κ1) is 17.2. The quantitative estimate of drug-likeness (QED) is 0.486. The van der Waals surface area contributed by atoms with Crippen LogP contribution < -0.4 is 0 Å². The van der Waals surface area contributed by atoms with E-state index in [1.807, 2.05) is 0 Å². The predicted octanol–water partition coefficient (Wildman–Crippen LogP) is 3.39. The minimum absolute atomic E-state index is 0.0661. The van der Waals surface area contributed by atoms with Crippen LogP contribution in [-0.4, -0.2) is 17.9 Å². The van der Waals surface area contributed by atoms with Gasteiger partial charge in [-0.3, -0.25) is 0 Å². The van der Waals surface area contributed by atoms with E-state index in [2.05, 4.69) is 33.1 Å². The van der Waals surface area contributed by atoms with E-state index in [1.54, 1.807) is 0 Å². The number of Topliss-reactive ketones (excluding diaryl/α,β-unsaturated/α-hetero) is 1. The first-order valence-electron chi connectivity index (χ1n) is 6.33. The number of hydrogen-bond donors (Lipinski definition) is 1. The molecular weight excluding hydrogens is 248 g/mol. The van der Waals surface area contributed by atoms with Gasteiger partial charge in [0.2, 0.25) is 0 Å². The monoisotopic (exact) mass is 272 g/mol. The average Bonchev–Trinajstić information content (AvgIpc) is 2.58. The second kappa shape index (κ2) is 8.35. The fourth-order valence-electron chi connectivity index (χ4n) is 2.04. The Hall–Kier alpha value is -0.770. The summed E-state index contributed by atoms with van der Waals surface area (Å²) >= 11 is 3.87. The van der Waals surface area contributed by atoms with Gasteiger partial charge in [-0.1, -0.05) is 26.8 Å². The van der Waals surface area contributed by atoms with Gasteiger partial charge in [0.05, 0.1) is 4.91 Å². The van der Waals surface area contributed by atoms with Gasteiger partial charge in [-0.05, 0) is 38.5 Å². The van der Waals surface area contributed by atoms with Gasteiger partial charge in [-0.25, -0.2) is 4.79 Å². The van der Waals surface area contributed by atoms with E-state index in [1.165, 1.54) is 20.3 Å². The molecule has 0 amide bonds. The van der Waals surface area contributed by atoms with Crippen molar-refractivity contribution in [2.45, 2.75) is 53.1 Å². The number of carbonyl (C=O) groups is 2. The molecule has 1 rings (SSSR count). The molecule has 0 aromatic heterocycles. The summed E-state index contributed by atoms with van der Waals surface area (Å²) in [6.45, 7) is 10.8. The van der Waals surface area contributed by atoms with E-state index in [0.717, 1.165) is 12.8 Å². The molecule has 1 aliphatic rings.